The zero-order valence-electron chi connectivity index (χ0n) is 15.0. The van der Waals surface area contributed by atoms with Crippen molar-refractivity contribution in [1.82, 2.24) is 5.32 Å². The largest absolute Gasteiger partial charge is 0.493 e. The van der Waals surface area contributed by atoms with E-state index in [0.717, 1.165) is 6.42 Å². The third-order valence-electron chi connectivity index (χ3n) is 4.52. The number of hydrogen-bond acceptors (Lipinski definition) is 4. The Bertz CT molecular complexity index is 627. The number of anilines is 1. The van der Waals surface area contributed by atoms with E-state index in [1.807, 2.05) is 20.8 Å². The SMILES string of the molecule is CCC(C)(C)NC(=O)[C@H]1CC(=O)N(c2ccc(OC)c(OC)c2)C1. The maximum atomic E-state index is 12.4. The minimum Gasteiger partial charge on any atom is -0.493 e. The van der Waals surface area contributed by atoms with Gasteiger partial charge in [-0.3, -0.25) is 9.59 Å². The Labute approximate surface area is 143 Å². The van der Waals surface area contributed by atoms with Crippen LogP contribution in [-0.4, -0.2) is 38.1 Å². The van der Waals surface area contributed by atoms with Crippen molar-refractivity contribution in [2.45, 2.75) is 39.2 Å². The van der Waals surface area contributed by atoms with Crippen LogP contribution in [0.25, 0.3) is 0 Å². The van der Waals surface area contributed by atoms with Crippen LogP contribution in [0.3, 0.4) is 0 Å². The van der Waals surface area contributed by atoms with Crippen LogP contribution in [0.1, 0.15) is 33.6 Å². The Kier molecular flexibility index (Phi) is 5.36. The lowest BCUT2D eigenvalue weighted by atomic mass is 9.99. The van der Waals surface area contributed by atoms with Crippen LogP contribution < -0.4 is 19.7 Å². The Morgan fingerprint density at radius 2 is 1.96 bits per heavy atom. The van der Waals surface area contributed by atoms with E-state index in [-0.39, 0.29) is 29.7 Å². The van der Waals surface area contributed by atoms with Gasteiger partial charge in [-0.2, -0.15) is 0 Å². The topological polar surface area (TPSA) is 67.9 Å². The molecule has 0 saturated carbocycles. The van der Waals surface area contributed by atoms with Crippen LogP contribution >= 0.6 is 0 Å². The quantitative estimate of drug-likeness (QED) is 0.867. The first kappa shape index (κ1) is 18.1. The number of ether oxygens (including phenoxy) is 2. The summed E-state index contributed by atoms with van der Waals surface area (Å²) in [4.78, 5) is 26.4. The first-order valence-electron chi connectivity index (χ1n) is 8.15. The van der Waals surface area contributed by atoms with Crippen molar-refractivity contribution in [2.75, 3.05) is 25.7 Å². The molecule has 6 heteroatoms. The highest BCUT2D eigenvalue weighted by Crippen LogP contribution is 2.34. The first-order chi connectivity index (χ1) is 11.3. The monoisotopic (exact) mass is 334 g/mol. The summed E-state index contributed by atoms with van der Waals surface area (Å²) >= 11 is 0. The summed E-state index contributed by atoms with van der Waals surface area (Å²) in [5.41, 5.74) is 0.444. The Hall–Kier alpha value is -2.24. The molecule has 1 N–H and O–H groups in total. The molecule has 2 rings (SSSR count). The van der Waals surface area contributed by atoms with Crippen LogP contribution in [0.5, 0.6) is 11.5 Å². The molecule has 1 fully saturated rings. The van der Waals surface area contributed by atoms with E-state index in [2.05, 4.69) is 5.32 Å². The van der Waals surface area contributed by atoms with Gasteiger partial charge in [-0.15, -0.1) is 0 Å². The molecule has 1 aromatic rings. The summed E-state index contributed by atoms with van der Waals surface area (Å²) in [6.45, 7) is 6.36. The number of benzene rings is 1. The van der Waals surface area contributed by atoms with E-state index in [4.69, 9.17) is 9.47 Å². The number of carbonyl (C=O) groups excluding carboxylic acids is 2. The van der Waals surface area contributed by atoms with Crippen molar-refractivity contribution in [1.29, 1.82) is 0 Å². The van der Waals surface area contributed by atoms with Crippen molar-refractivity contribution in [2.24, 2.45) is 5.92 Å². The highest BCUT2D eigenvalue weighted by atomic mass is 16.5. The van der Waals surface area contributed by atoms with Gasteiger partial charge >= 0.3 is 0 Å². The molecule has 1 atom stereocenters. The summed E-state index contributed by atoms with van der Waals surface area (Å²) < 4.78 is 10.5. The Morgan fingerprint density at radius 3 is 2.54 bits per heavy atom. The minimum atomic E-state index is -0.337. The Balaban J connectivity index is 2.14. The lowest BCUT2D eigenvalue weighted by Gasteiger charge is -2.26. The highest BCUT2D eigenvalue weighted by molar-refractivity contribution is 6.00. The van der Waals surface area contributed by atoms with E-state index in [9.17, 15) is 9.59 Å². The van der Waals surface area contributed by atoms with Gasteiger partial charge in [0.1, 0.15) is 0 Å². The van der Waals surface area contributed by atoms with Crippen LogP contribution in [0.15, 0.2) is 18.2 Å². The molecule has 0 aliphatic carbocycles. The van der Waals surface area contributed by atoms with E-state index < -0.39 is 0 Å². The van der Waals surface area contributed by atoms with Crippen LogP contribution in [0.2, 0.25) is 0 Å². The number of amides is 2. The summed E-state index contributed by atoms with van der Waals surface area (Å²) in [6, 6.07) is 5.32. The molecule has 2 amide bonds. The normalized spacial score (nSPS) is 17.8. The number of nitrogens with zero attached hydrogens (tertiary/aromatic N) is 1. The molecule has 0 unspecified atom stereocenters. The van der Waals surface area contributed by atoms with Gasteiger partial charge < -0.3 is 19.7 Å². The van der Waals surface area contributed by atoms with Crippen molar-refractivity contribution in [3.8, 4) is 11.5 Å². The fourth-order valence-electron chi connectivity index (χ4n) is 2.65. The van der Waals surface area contributed by atoms with E-state index >= 15 is 0 Å². The van der Waals surface area contributed by atoms with Crippen molar-refractivity contribution in [3.05, 3.63) is 18.2 Å². The summed E-state index contributed by atoms with van der Waals surface area (Å²) in [5, 5.41) is 3.02. The van der Waals surface area contributed by atoms with Crippen molar-refractivity contribution >= 4 is 17.5 Å². The first-order valence-corrected chi connectivity index (χ1v) is 8.15. The van der Waals surface area contributed by atoms with Crippen LogP contribution in [-0.2, 0) is 9.59 Å². The second kappa shape index (κ2) is 7.11. The fourth-order valence-corrected chi connectivity index (χ4v) is 2.65. The zero-order chi connectivity index (χ0) is 17.9. The number of methoxy groups -OCH3 is 2. The van der Waals surface area contributed by atoms with Crippen LogP contribution in [0.4, 0.5) is 5.69 Å². The molecule has 0 spiro atoms. The van der Waals surface area contributed by atoms with Gasteiger partial charge in [-0.25, -0.2) is 0 Å². The third kappa shape index (κ3) is 3.80. The minimum absolute atomic E-state index is 0.0586. The lowest BCUT2D eigenvalue weighted by molar-refractivity contribution is -0.127. The van der Waals surface area contributed by atoms with Crippen molar-refractivity contribution in [3.63, 3.8) is 0 Å². The number of hydrogen-bond donors (Lipinski definition) is 1. The maximum Gasteiger partial charge on any atom is 0.227 e. The summed E-state index contributed by atoms with van der Waals surface area (Å²) in [6.07, 6.45) is 1.05. The smallest absolute Gasteiger partial charge is 0.227 e. The van der Waals surface area contributed by atoms with Gasteiger partial charge in [0.2, 0.25) is 11.8 Å². The average molecular weight is 334 g/mol. The van der Waals surface area contributed by atoms with Gasteiger partial charge in [0.15, 0.2) is 11.5 Å². The molecule has 1 aliphatic heterocycles. The summed E-state index contributed by atoms with van der Waals surface area (Å²) in [7, 11) is 3.12. The molecule has 24 heavy (non-hydrogen) atoms. The zero-order valence-corrected chi connectivity index (χ0v) is 15.0. The lowest BCUT2D eigenvalue weighted by Crippen LogP contribution is -2.46. The predicted octanol–water partition coefficient (Wildman–Crippen LogP) is 2.36. The molecule has 1 aliphatic rings. The van der Waals surface area contributed by atoms with Crippen molar-refractivity contribution < 1.29 is 19.1 Å². The molecule has 1 aromatic carbocycles. The molecule has 0 aromatic heterocycles. The van der Waals surface area contributed by atoms with Crippen LogP contribution in [0, 0.1) is 5.92 Å². The van der Waals surface area contributed by atoms with E-state index in [0.29, 0.717) is 23.7 Å². The Morgan fingerprint density at radius 1 is 1.29 bits per heavy atom. The van der Waals surface area contributed by atoms with Gasteiger partial charge in [0.25, 0.3) is 0 Å². The number of rotatable bonds is 6. The maximum absolute atomic E-state index is 12.4. The van der Waals surface area contributed by atoms with Gasteiger partial charge in [-0.1, -0.05) is 6.92 Å². The predicted molar refractivity (Wildman–Crippen MR) is 92.5 cm³/mol. The molecule has 1 saturated heterocycles. The second-order valence-corrected chi connectivity index (χ2v) is 6.67. The standard InChI is InChI=1S/C18H26N2O4/c1-6-18(2,3)19-17(22)12-9-16(21)20(11-12)13-7-8-14(23-4)15(10-13)24-5/h7-8,10,12H,6,9,11H2,1-5H3,(H,19,22)/t12-/m0/s1. The highest BCUT2D eigenvalue weighted by Gasteiger charge is 2.36. The number of nitrogens with one attached hydrogen (secondary N) is 1. The van der Waals surface area contributed by atoms with Gasteiger partial charge in [0, 0.05) is 30.3 Å². The molecule has 0 radical (unpaired) electrons. The second-order valence-electron chi connectivity index (χ2n) is 6.67. The molecular formula is C18H26N2O4. The number of carbonyl (C=O) groups is 2. The van der Waals surface area contributed by atoms with E-state index in [1.54, 1.807) is 37.3 Å². The third-order valence-corrected chi connectivity index (χ3v) is 4.52. The van der Waals surface area contributed by atoms with E-state index in [1.165, 1.54) is 0 Å². The fraction of sp³-hybridized carbons (Fsp3) is 0.556. The summed E-state index contributed by atoms with van der Waals surface area (Å²) in [5.74, 6) is 0.695. The van der Waals surface area contributed by atoms with Gasteiger partial charge in [0.05, 0.1) is 20.1 Å². The molecule has 6 nitrogen and oxygen atoms in total. The average Bonchev–Trinajstić information content (AvgIpc) is 2.95. The molecular weight excluding hydrogens is 308 g/mol. The molecule has 132 valence electrons. The molecule has 1 heterocycles. The molecule has 0 bridgehead atoms. The van der Waals surface area contributed by atoms with Gasteiger partial charge in [-0.05, 0) is 32.4 Å².